The second kappa shape index (κ2) is 8.14. The van der Waals surface area contributed by atoms with Crippen molar-refractivity contribution >= 4 is 35.3 Å². The fourth-order valence-corrected chi connectivity index (χ4v) is 3.27. The first-order valence-electron chi connectivity index (χ1n) is 8.97. The second-order valence-electron chi connectivity index (χ2n) is 8.79. The van der Waals surface area contributed by atoms with Gasteiger partial charge in [-0.05, 0) is 46.7 Å². The van der Waals surface area contributed by atoms with Gasteiger partial charge in [0.1, 0.15) is 5.75 Å². The molecular weight excluding hydrogens is 395 g/mol. The van der Waals surface area contributed by atoms with E-state index in [9.17, 15) is 9.90 Å². The second-order valence-corrected chi connectivity index (χ2v) is 9.63. The van der Waals surface area contributed by atoms with Gasteiger partial charge in [0.25, 0.3) is 5.91 Å². The van der Waals surface area contributed by atoms with Crippen molar-refractivity contribution in [2.75, 3.05) is 0 Å². The molecule has 0 spiro atoms. The van der Waals surface area contributed by atoms with Crippen LogP contribution in [-0.2, 0) is 10.8 Å². The van der Waals surface area contributed by atoms with Crippen molar-refractivity contribution in [3.05, 3.63) is 62.6 Å². The van der Waals surface area contributed by atoms with E-state index in [4.69, 9.17) is 23.2 Å². The third-order valence-corrected chi connectivity index (χ3v) is 4.85. The molecule has 0 aliphatic heterocycles. The summed E-state index contributed by atoms with van der Waals surface area (Å²) in [5, 5.41) is 15.5. The van der Waals surface area contributed by atoms with Gasteiger partial charge in [0.2, 0.25) is 0 Å². The fourth-order valence-electron chi connectivity index (χ4n) is 2.77. The minimum Gasteiger partial charge on any atom is -0.507 e. The summed E-state index contributed by atoms with van der Waals surface area (Å²) in [7, 11) is 0. The first-order valence-corrected chi connectivity index (χ1v) is 9.72. The maximum atomic E-state index is 12.3. The van der Waals surface area contributed by atoms with Crippen LogP contribution in [0.1, 0.15) is 68.6 Å². The molecule has 0 aromatic heterocycles. The van der Waals surface area contributed by atoms with Gasteiger partial charge in [0.05, 0.1) is 16.8 Å². The molecule has 6 heteroatoms. The molecule has 0 aliphatic rings. The highest BCUT2D eigenvalue weighted by atomic mass is 35.5. The summed E-state index contributed by atoms with van der Waals surface area (Å²) in [6.07, 6.45) is 1.56. The Morgan fingerprint density at radius 1 is 1.00 bits per heavy atom. The van der Waals surface area contributed by atoms with Crippen molar-refractivity contribution in [2.24, 2.45) is 5.10 Å². The molecule has 2 aromatic rings. The molecule has 0 unspecified atom stereocenters. The zero-order valence-corrected chi connectivity index (χ0v) is 18.5. The summed E-state index contributed by atoms with van der Waals surface area (Å²) in [6.45, 7) is 12.2. The molecule has 0 radical (unpaired) electrons. The number of hydrogen-bond acceptors (Lipinski definition) is 3. The van der Waals surface area contributed by atoms with Crippen LogP contribution in [0.3, 0.4) is 0 Å². The van der Waals surface area contributed by atoms with Crippen molar-refractivity contribution in [3.8, 4) is 5.75 Å². The van der Waals surface area contributed by atoms with E-state index in [-0.39, 0.29) is 15.9 Å². The lowest BCUT2D eigenvalue weighted by Gasteiger charge is -2.27. The Kier molecular flexibility index (Phi) is 6.47. The molecule has 0 saturated heterocycles. The maximum absolute atomic E-state index is 12.3. The minimum absolute atomic E-state index is 0.242. The summed E-state index contributed by atoms with van der Waals surface area (Å²) in [6, 6.07) is 8.42. The molecule has 1 amide bonds. The van der Waals surface area contributed by atoms with Gasteiger partial charge in [0, 0.05) is 16.1 Å². The zero-order valence-electron chi connectivity index (χ0n) is 17.0. The van der Waals surface area contributed by atoms with Crippen LogP contribution >= 0.6 is 23.2 Å². The van der Waals surface area contributed by atoms with Gasteiger partial charge in [-0.25, -0.2) is 5.43 Å². The number of benzene rings is 2. The Bertz CT molecular complexity index is 888. The maximum Gasteiger partial charge on any atom is 0.272 e. The molecular formula is C22H26Cl2N2O2. The Morgan fingerprint density at radius 3 is 2.00 bits per heavy atom. The van der Waals surface area contributed by atoms with Crippen LogP contribution in [-0.4, -0.2) is 17.2 Å². The third kappa shape index (κ3) is 5.27. The van der Waals surface area contributed by atoms with E-state index >= 15 is 0 Å². The van der Waals surface area contributed by atoms with Crippen LogP contribution < -0.4 is 5.43 Å². The molecule has 0 heterocycles. The van der Waals surface area contributed by atoms with Gasteiger partial charge >= 0.3 is 0 Å². The van der Waals surface area contributed by atoms with Crippen molar-refractivity contribution in [2.45, 2.75) is 52.4 Å². The van der Waals surface area contributed by atoms with Gasteiger partial charge in [-0.15, -0.1) is 0 Å². The first-order chi connectivity index (χ1) is 12.8. The quantitative estimate of drug-likeness (QED) is 0.468. The van der Waals surface area contributed by atoms with E-state index in [0.717, 1.165) is 16.7 Å². The largest absolute Gasteiger partial charge is 0.507 e. The first kappa shape index (κ1) is 22.3. The Hall–Kier alpha value is -2.04. The minimum atomic E-state index is -0.427. The van der Waals surface area contributed by atoms with E-state index in [1.165, 1.54) is 6.07 Å². The van der Waals surface area contributed by atoms with E-state index in [2.05, 4.69) is 10.5 Å². The van der Waals surface area contributed by atoms with Gasteiger partial charge in [-0.2, -0.15) is 5.10 Å². The molecule has 4 nitrogen and oxygen atoms in total. The summed E-state index contributed by atoms with van der Waals surface area (Å²) in [4.78, 5) is 12.3. The van der Waals surface area contributed by atoms with E-state index in [1.807, 2.05) is 53.7 Å². The van der Waals surface area contributed by atoms with Crippen LogP contribution in [0.15, 0.2) is 35.4 Å². The van der Waals surface area contributed by atoms with Crippen LogP contribution in [0, 0.1) is 0 Å². The number of carbonyl (C=O) groups is 1. The number of hydrogen-bond donors (Lipinski definition) is 2. The molecule has 2 aromatic carbocycles. The number of nitrogens with zero attached hydrogens (tertiary/aromatic N) is 1. The number of phenolic OH excluding ortho intramolecular Hbond substituents is 1. The average Bonchev–Trinajstić information content (AvgIpc) is 2.53. The molecule has 0 bridgehead atoms. The average molecular weight is 421 g/mol. The summed E-state index contributed by atoms with van der Waals surface area (Å²) in [5.74, 6) is -0.127. The molecule has 2 rings (SSSR count). The number of aromatic hydroxyl groups is 1. The Balaban J connectivity index is 2.33. The highest BCUT2D eigenvalue weighted by Crippen LogP contribution is 2.39. The molecule has 28 heavy (non-hydrogen) atoms. The topological polar surface area (TPSA) is 61.7 Å². The van der Waals surface area contributed by atoms with E-state index < -0.39 is 5.91 Å². The molecule has 150 valence electrons. The molecule has 0 atom stereocenters. The number of rotatable bonds is 3. The monoisotopic (exact) mass is 420 g/mol. The van der Waals surface area contributed by atoms with Gasteiger partial charge in [-0.1, -0.05) is 64.7 Å². The molecule has 0 aliphatic carbocycles. The van der Waals surface area contributed by atoms with Crippen molar-refractivity contribution in [3.63, 3.8) is 0 Å². The lowest BCUT2D eigenvalue weighted by molar-refractivity contribution is 0.0955. The van der Waals surface area contributed by atoms with Crippen LogP contribution in [0.4, 0.5) is 0 Å². The lowest BCUT2D eigenvalue weighted by Crippen LogP contribution is -2.19. The van der Waals surface area contributed by atoms with Crippen molar-refractivity contribution < 1.29 is 9.90 Å². The number of nitrogens with one attached hydrogen (secondary N) is 1. The SMILES string of the molecule is CC(C)(C)c1cc(C=NNC(=O)c2ccc(Cl)cc2Cl)cc(C(C)(C)C)c1O. The normalized spacial score (nSPS) is 12.4. The van der Waals surface area contributed by atoms with Gasteiger partial charge in [0.15, 0.2) is 0 Å². The number of amides is 1. The number of halogens is 2. The molecule has 0 fully saturated rings. The van der Waals surface area contributed by atoms with Crippen molar-refractivity contribution in [1.82, 2.24) is 5.43 Å². The zero-order chi connectivity index (χ0) is 21.3. The molecule has 2 N–H and O–H groups in total. The highest BCUT2D eigenvalue weighted by Gasteiger charge is 2.26. The number of hydrazone groups is 1. The smallest absolute Gasteiger partial charge is 0.272 e. The number of phenols is 1. The third-order valence-electron chi connectivity index (χ3n) is 4.30. The standard InChI is InChI=1S/C22H26Cl2N2O2/c1-21(2,3)16-9-13(10-17(19(16)27)22(4,5)6)12-25-26-20(28)15-8-7-14(23)11-18(15)24/h7-12,27H,1-6H3,(H,26,28). The van der Waals surface area contributed by atoms with Crippen LogP contribution in [0.5, 0.6) is 5.75 Å². The summed E-state index contributed by atoms with van der Waals surface area (Å²) in [5.41, 5.74) is 4.73. The Labute approximate surface area is 176 Å². The summed E-state index contributed by atoms with van der Waals surface area (Å²) < 4.78 is 0. The molecule has 0 saturated carbocycles. The predicted molar refractivity (Wildman–Crippen MR) is 117 cm³/mol. The van der Waals surface area contributed by atoms with Gasteiger partial charge in [-0.3, -0.25) is 4.79 Å². The summed E-state index contributed by atoms with van der Waals surface area (Å²) >= 11 is 11.9. The lowest BCUT2D eigenvalue weighted by atomic mass is 9.78. The van der Waals surface area contributed by atoms with Crippen LogP contribution in [0.2, 0.25) is 10.0 Å². The fraction of sp³-hybridized carbons (Fsp3) is 0.364. The highest BCUT2D eigenvalue weighted by molar-refractivity contribution is 6.36. The van der Waals surface area contributed by atoms with E-state index in [1.54, 1.807) is 18.3 Å². The van der Waals surface area contributed by atoms with E-state index in [0.29, 0.717) is 16.3 Å². The Morgan fingerprint density at radius 2 is 1.54 bits per heavy atom. The van der Waals surface area contributed by atoms with Crippen molar-refractivity contribution in [1.29, 1.82) is 0 Å². The number of carbonyl (C=O) groups excluding carboxylic acids is 1. The van der Waals surface area contributed by atoms with Crippen LogP contribution in [0.25, 0.3) is 0 Å². The van der Waals surface area contributed by atoms with Gasteiger partial charge < -0.3 is 5.11 Å². The predicted octanol–water partition coefficient (Wildman–Crippen LogP) is 6.06.